The number of nitrogens with one attached hydrogen (secondary N) is 1. The fourth-order valence-electron chi connectivity index (χ4n) is 2.99. The van der Waals surface area contributed by atoms with Crippen LogP contribution in [0.4, 0.5) is 33.5 Å². The number of aliphatic imine (C=N–C) groups is 1. The molecule has 0 aliphatic carbocycles. The quantitative estimate of drug-likeness (QED) is 0.345. The monoisotopic (exact) mass is 511 g/mol. The average molecular weight is 511 g/mol. The number of amides is 1. The lowest BCUT2D eigenvalue weighted by Gasteiger charge is -2.17. The summed E-state index contributed by atoms with van der Waals surface area (Å²) in [6.45, 7) is 1.34. The highest BCUT2D eigenvalue weighted by molar-refractivity contribution is 6.10. The van der Waals surface area contributed by atoms with Crippen LogP contribution in [0.1, 0.15) is 23.7 Å². The molecule has 3 rings (SSSR count). The van der Waals surface area contributed by atoms with Gasteiger partial charge in [-0.3, -0.25) is 4.79 Å². The highest BCUT2D eigenvalue weighted by Crippen LogP contribution is 2.28. The number of esters is 1. The van der Waals surface area contributed by atoms with Crippen LogP contribution in [0, 0.1) is 11.6 Å². The van der Waals surface area contributed by atoms with E-state index < -0.39 is 58.1 Å². The van der Waals surface area contributed by atoms with Crippen molar-refractivity contribution in [1.82, 2.24) is 4.98 Å². The molecular weight excluding hydrogens is 493 g/mol. The largest absolute Gasteiger partial charge is 0.466 e. The summed E-state index contributed by atoms with van der Waals surface area (Å²) < 4.78 is 72.8. The summed E-state index contributed by atoms with van der Waals surface area (Å²) in [7, 11) is 1.12. The normalized spacial score (nSPS) is 18.4. The molecule has 2 aromatic rings. The molecular formula is C22H18F5N5O4. The molecule has 0 spiro atoms. The number of nitrogens with zero attached hydrogens (tertiary/aromatic N) is 3. The molecule has 1 aliphatic rings. The summed E-state index contributed by atoms with van der Waals surface area (Å²) in [6.07, 6.45) is -3.73. The maximum absolute atomic E-state index is 13.7. The molecule has 0 saturated carbocycles. The Morgan fingerprint density at radius 2 is 1.89 bits per heavy atom. The van der Waals surface area contributed by atoms with Gasteiger partial charge in [-0.2, -0.15) is 13.2 Å². The van der Waals surface area contributed by atoms with Gasteiger partial charge >= 0.3 is 12.1 Å². The summed E-state index contributed by atoms with van der Waals surface area (Å²) in [5.74, 6) is -4.50. The zero-order valence-corrected chi connectivity index (χ0v) is 18.7. The van der Waals surface area contributed by atoms with Crippen molar-refractivity contribution in [2.24, 2.45) is 15.9 Å². The number of oxime groups is 1. The predicted molar refractivity (Wildman–Crippen MR) is 118 cm³/mol. The molecule has 36 heavy (non-hydrogen) atoms. The lowest BCUT2D eigenvalue weighted by Crippen LogP contribution is -2.37. The first-order valence-corrected chi connectivity index (χ1v) is 10.0. The predicted octanol–water partition coefficient (Wildman–Crippen LogP) is 3.80. The van der Waals surface area contributed by atoms with Crippen LogP contribution in [-0.4, -0.2) is 47.2 Å². The summed E-state index contributed by atoms with van der Waals surface area (Å²) >= 11 is 0. The van der Waals surface area contributed by atoms with Gasteiger partial charge in [-0.15, -0.1) is 0 Å². The molecule has 0 saturated heterocycles. The molecule has 3 N–H and O–H groups in total. The number of pyridine rings is 1. The van der Waals surface area contributed by atoms with Crippen molar-refractivity contribution in [2.45, 2.75) is 25.1 Å². The van der Waals surface area contributed by atoms with E-state index >= 15 is 0 Å². The first-order valence-electron chi connectivity index (χ1n) is 10.0. The summed E-state index contributed by atoms with van der Waals surface area (Å²) in [5, 5.41) is 5.76. The van der Waals surface area contributed by atoms with Gasteiger partial charge in [-0.25, -0.2) is 23.6 Å². The van der Waals surface area contributed by atoms with E-state index in [1.807, 2.05) is 0 Å². The number of nitrogens with two attached hydrogens (primary N) is 1. The van der Waals surface area contributed by atoms with Crippen molar-refractivity contribution in [1.29, 1.82) is 0 Å². The number of carbonyl (C=O) groups is 2. The van der Waals surface area contributed by atoms with E-state index in [-0.39, 0.29) is 17.8 Å². The second kappa shape index (κ2) is 10.1. The zero-order chi connectivity index (χ0) is 26.7. The molecule has 1 unspecified atom stereocenters. The Kier molecular flexibility index (Phi) is 7.36. The number of alkyl halides is 3. The Bertz CT molecular complexity index is 1250. The minimum atomic E-state index is -4.95. The number of rotatable bonds is 6. The molecule has 1 aromatic heterocycles. The summed E-state index contributed by atoms with van der Waals surface area (Å²) in [4.78, 5) is 36.0. The third-order valence-corrected chi connectivity index (χ3v) is 4.83. The van der Waals surface area contributed by atoms with E-state index in [1.165, 1.54) is 6.92 Å². The van der Waals surface area contributed by atoms with Crippen LogP contribution >= 0.6 is 0 Å². The van der Waals surface area contributed by atoms with Gasteiger partial charge in [0.15, 0.2) is 5.82 Å². The first kappa shape index (κ1) is 26.2. The zero-order valence-electron chi connectivity index (χ0n) is 18.7. The molecule has 1 aliphatic heterocycles. The van der Waals surface area contributed by atoms with E-state index in [1.54, 1.807) is 0 Å². The van der Waals surface area contributed by atoms with E-state index in [9.17, 15) is 31.5 Å². The van der Waals surface area contributed by atoms with Crippen LogP contribution in [-0.2, 0) is 14.4 Å². The van der Waals surface area contributed by atoms with Crippen LogP contribution in [0.5, 0.6) is 0 Å². The minimum Gasteiger partial charge on any atom is -0.466 e. The third-order valence-electron chi connectivity index (χ3n) is 4.83. The molecule has 9 nitrogen and oxygen atoms in total. The number of hydrogen-bond donors (Lipinski definition) is 2. The van der Waals surface area contributed by atoms with E-state index in [2.05, 4.69) is 25.2 Å². The third kappa shape index (κ3) is 5.82. The highest BCUT2D eigenvalue weighted by Gasteiger charge is 2.44. The molecule has 1 amide bonds. The molecule has 190 valence electrons. The smallest absolute Gasteiger partial charge is 0.433 e. The van der Waals surface area contributed by atoms with Gasteiger partial charge in [0.25, 0.3) is 5.91 Å². The average Bonchev–Trinajstić information content (AvgIpc) is 3.22. The van der Waals surface area contributed by atoms with E-state index in [0.29, 0.717) is 6.08 Å². The van der Waals surface area contributed by atoms with E-state index in [0.717, 1.165) is 43.6 Å². The maximum Gasteiger partial charge on any atom is 0.433 e. The number of benzene rings is 1. The van der Waals surface area contributed by atoms with Gasteiger partial charge in [0.2, 0.25) is 5.60 Å². The number of allylic oxidation sites excluding steroid dienone is 2. The molecule has 1 atom stereocenters. The van der Waals surface area contributed by atoms with E-state index in [4.69, 9.17) is 10.6 Å². The number of methoxy groups -OCH3 is 1. The van der Waals surface area contributed by atoms with Crippen molar-refractivity contribution in [3.63, 3.8) is 0 Å². The maximum atomic E-state index is 13.7. The second-order valence-corrected chi connectivity index (χ2v) is 7.58. The van der Waals surface area contributed by atoms with Crippen molar-refractivity contribution < 1.29 is 41.1 Å². The van der Waals surface area contributed by atoms with Crippen LogP contribution < -0.4 is 11.1 Å². The number of hydrogen-bond acceptors (Lipinski definition) is 8. The lowest BCUT2D eigenvalue weighted by molar-refractivity contribution is -0.164. The van der Waals surface area contributed by atoms with Crippen molar-refractivity contribution in [3.8, 4) is 0 Å². The summed E-state index contributed by atoms with van der Waals surface area (Å²) in [6, 6.07) is 5.05. The van der Waals surface area contributed by atoms with Gasteiger partial charge in [-0.05, 0) is 37.3 Å². The van der Waals surface area contributed by atoms with Gasteiger partial charge in [0.1, 0.15) is 28.6 Å². The molecule has 0 radical (unpaired) electrons. The molecule has 0 fully saturated rings. The van der Waals surface area contributed by atoms with Gasteiger partial charge < -0.3 is 20.6 Å². The molecule has 1 aromatic carbocycles. The van der Waals surface area contributed by atoms with Crippen molar-refractivity contribution >= 4 is 34.8 Å². The lowest BCUT2D eigenvalue weighted by atomic mass is 9.98. The van der Waals surface area contributed by atoms with Crippen LogP contribution in [0.15, 0.2) is 58.4 Å². The number of anilines is 1. The van der Waals surface area contributed by atoms with Gasteiger partial charge in [0, 0.05) is 6.42 Å². The SMILES string of the molecule is COC(=O)C1(C)CC(/C(N)=C/C(=Nc2ccc(NC(=O)c3c(F)cccc3F)cn2)C(F)(F)F)=NO1. The van der Waals surface area contributed by atoms with Gasteiger partial charge in [0.05, 0.1) is 24.7 Å². The fraction of sp³-hybridized carbons (Fsp3) is 0.227. The first-order chi connectivity index (χ1) is 16.8. The Balaban J connectivity index is 1.80. The topological polar surface area (TPSA) is 128 Å². The Labute approximate surface area is 200 Å². The highest BCUT2D eigenvalue weighted by atomic mass is 19.4. The molecule has 0 bridgehead atoms. The standard InChI is InChI=1S/C22H18F5N5O4/c1-21(20(34)35-2)9-15(32-36-21)14(28)8-16(22(25,26)27)31-17-7-6-11(10-29-17)30-19(33)18-12(23)4-3-5-13(18)24/h3-8,10H,9,28H2,1-2H3,(H,30,33)/b14-8-,31-16?. The Morgan fingerprint density at radius 3 is 2.44 bits per heavy atom. The Hall–Kier alpha value is -4.36. The second-order valence-electron chi connectivity index (χ2n) is 7.58. The van der Waals surface area contributed by atoms with Crippen LogP contribution in [0.3, 0.4) is 0 Å². The Morgan fingerprint density at radius 1 is 1.22 bits per heavy atom. The van der Waals surface area contributed by atoms with Crippen LogP contribution in [0.2, 0.25) is 0 Å². The minimum absolute atomic E-state index is 0.0511. The fourth-order valence-corrected chi connectivity index (χ4v) is 2.99. The number of halogens is 5. The number of ether oxygens (including phenoxy) is 1. The number of aromatic nitrogens is 1. The number of carbonyl (C=O) groups excluding carboxylic acids is 2. The van der Waals surface area contributed by atoms with Crippen molar-refractivity contribution in [3.05, 3.63) is 65.5 Å². The molecule has 14 heteroatoms. The van der Waals surface area contributed by atoms with Gasteiger partial charge in [-0.1, -0.05) is 11.2 Å². The summed E-state index contributed by atoms with van der Waals surface area (Å²) in [5.41, 5.74) is 1.31. The molecule has 2 heterocycles. The van der Waals surface area contributed by atoms with Crippen LogP contribution in [0.25, 0.3) is 0 Å². The van der Waals surface area contributed by atoms with Crippen molar-refractivity contribution in [2.75, 3.05) is 12.4 Å².